The predicted molar refractivity (Wildman–Crippen MR) is 122 cm³/mol. The molecule has 10 heteroatoms. The van der Waals surface area contributed by atoms with Crippen LogP contribution < -0.4 is 9.46 Å². The summed E-state index contributed by atoms with van der Waals surface area (Å²) in [7, 11) is -4.60. The van der Waals surface area contributed by atoms with Gasteiger partial charge in [-0.2, -0.15) is 12.8 Å². The van der Waals surface area contributed by atoms with Crippen LogP contribution in [0.5, 0.6) is 11.6 Å². The second kappa shape index (κ2) is 9.09. The Morgan fingerprint density at radius 3 is 2.15 bits per heavy atom. The normalized spacial score (nSPS) is 11.9. The molecule has 7 nitrogen and oxygen atoms in total. The third kappa shape index (κ3) is 5.39. The molecule has 0 bridgehead atoms. The van der Waals surface area contributed by atoms with Crippen molar-refractivity contribution >= 4 is 15.9 Å². The molecule has 2 aromatic heterocycles. The van der Waals surface area contributed by atoms with E-state index in [9.17, 15) is 22.0 Å². The summed E-state index contributed by atoms with van der Waals surface area (Å²) in [6.07, 6.45) is 0. The Labute approximate surface area is 197 Å². The van der Waals surface area contributed by atoms with Crippen molar-refractivity contribution in [2.45, 2.75) is 52.0 Å². The van der Waals surface area contributed by atoms with Crippen molar-refractivity contribution in [2.75, 3.05) is 0 Å². The molecule has 0 fully saturated rings. The van der Waals surface area contributed by atoms with Gasteiger partial charge in [-0.3, -0.25) is 4.79 Å². The minimum Gasteiger partial charge on any atom is -0.438 e. The van der Waals surface area contributed by atoms with Crippen molar-refractivity contribution < 1.29 is 26.7 Å². The first-order valence-electron chi connectivity index (χ1n) is 10.4. The smallest absolute Gasteiger partial charge is 0.281 e. The Morgan fingerprint density at radius 2 is 1.59 bits per heavy atom. The topological polar surface area (TPSA) is 98.2 Å². The molecule has 1 N–H and O–H groups in total. The number of hydrogen-bond acceptors (Lipinski definition) is 6. The minimum atomic E-state index is -4.60. The van der Waals surface area contributed by atoms with Gasteiger partial charge in [-0.25, -0.2) is 19.1 Å². The van der Waals surface area contributed by atoms with Gasteiger partial charge in [-0.1, -0.05) is 38.5 Å². The number of hydrogen-bond donors (Lipinski definition) is 1. The lowest BCUT2D eigenvalue weighted by Gasteiger charge is -2.21. The highest BCUT2D eigenvalue weighted by molar-refractivity contribution is 7.90. The maximum atomic E-state index is 13.4. The molecule has 180 valence electrons. The number of carbonyl (C=O) groups excluding carboxylic acids is 1. The van der Waals surface area contributed by atoms with E-state index in [0.717, 1.165) is 22.8 Å². The third-order valence-electron chi connectivity index (χ3n) is 4.96. The SMILES string of the molecule is Cc1cc(C)c(Oc2nc(C(C)(C)C)ccc2C(=O)NS(=O)(=O)c2ccc(F)c(F)n2)c(C)c1. The van der Waals surface area contributed by atoms with Gasteiger partial charge < -0.3 is 4.74 Å². The summed E-state index contributed by atoms with van der Waals surface area (Å²) in [5.41, 5.74) is 2.73. The largest absolute Gasteiger partial charge is 0.438 e. The number of aryl methyl sites for hydroxylation is 3. The van der Waals surface area contributed by atoms with Crippen molar-refractivity contribution in [1.29, 1.82) is 0 Å². The fourth-order valence-electron chi connectivity index (χ4n) is 3.31. The number of ether oxygens (including phenoxy) is 1. The van der Waals surface area contributed by atoms with Crippen molar-refractivity contribution in [2.24, 2.45) is 0 Å². The predicted octanol–water partition coefficient (Wildman–Crippen LogP) is 4.89. The van der Waals surface area contributed by atoms with Crippen LogP contribution in [0.2, 0.25) is 0 Å². The molecule has 0 aliphatic rings. The van der Waals surface area contributed by atoms with E-state index in [1.807, 2.05) is 58.4 Å². The number of rotatable bonds is 5. The quantitative estimate of drug-likeness (QED) is 0.513. The van der Waals surface area contributed by atoms with Crippen LogP contribution in [0.15, 0.2) is 41.4 Å². The number of halogens is 2. The summed E-state index contributed by atoms with van der Waals surface area (Å²) in [6, 6.07) is 8.19. The van der Waals surface area contributed by atoms with Crippen LogP contribution in [0, 0.1) is 32.5 Å². The molecule has 1 amide bonds. The standard InChI is InChI=1S/C24H25F2N3O4S/c1-13-11-14(2)20(15(3)12-13)33-23-16(7-9-18(27-23)24(4,5)6)22(30)29-34(31,32)19-10-8-17(25)21(26)28-19/h7-12H,1-6H3,(H,29,30). The van der Waals surface area contributed by atoms with E-state index in [-0.39, 0.29) is 16.9 Å². The molecular formula is C24H25F2N3O4S. The Bertz CT molecular complexity index is 1360. The fourth-order valence-corrected chi connectivity index (χ4v) is 4.22. The van der Waals surface area contributed by atoms with E-state index < -0.39 is 32.7 Å². The average Bonchev–Trinajstić information content (AvgIpc) is 2.71. The van der Waals surface area contributed by atoms with Crippen LogP contribution >= 0.6 is 0 Å². The summed E-state index contributed by atoms with van der Waals surface area (Å²) < 4.78 is 59.6. The van der Waals surface area contributed by atoms with Gasteiger partial charge in [-0.05, 0) is 56.2 Å². The van der Waals surface area contributed by atoms with Gasteiger partial charge in [0.05, 0.1) is 0 Å². The molecule has 0 saturated heterocycles. The first-order chi connectivity index (χ1) is 15.7. The second-order valence-electron chi connectivity index (χ2n) is 8.99. The van der Waals surface area contributed by atoms with Crippen molar-refractivity contribution in [3.05, 3.63) is 76.1 Å². The van der Waals surface area contributed by atoms with Gasteiger partial charge in [0.1, 0.15) is 11.3 Å². The minimum absolute atomic E-state index is 0.0894. The van der Waals surface area contributed by atoms with Crippen LogP contribution in [0.4, 0.5) is 8.78 Å². The molecule has 0 unspecified atom stereocenters. The zero-order chi connectivity index (χ0) is 25.4. The molecular weight excluding hydrogens is 464 g/mol. The highest BCUT2D eigenvalue weighted by Crippen LogP contribution is 2.33. The summed E-state index contributed by atoms with van der Waals surface area (Å²) >= 11 is 0. The molecule has 1 aromatic carbocycles. The Kier molecular flexibility index (Phi) is 6.75. The number of pyridine rings is 2. The van der Waals surface area contributed by atoms with E-state index in [1.54, 1.807) is 6.07 Å². The molecule has 0 radical (unpaired) electrons. The maximum absolute atomic E-state index is 13.4. The number of sulfonamides is 1. The maximum Gasteiger partial charge on any atom is 0.281 e. The first-order valence-corrected chi connectivity index (χ1v) is 11.8. The Morgan fingerprint density at radius 1 is 0.971 bits per heavy atom. The van der Waals surface area contributed by atoms with E-state index in [1.165, 1.54) is 6.07 Å². The monoisotopic (exact) mass is 489 g/mol. The molecule has 34 heavy (non-hydrogen) atoms. The molecule has 0 aliphatic carbocycles. The molecule has 0 aliphatic heterocycles. The van der Waals surface area contributed by atoms with Gasteiger partial charge in [0.15, 0.2) is 10.8 Å². The third-order valence-corrected chi connectivity index (χ3v) is 6.19. The van der Waals surface area contributed by atoms with E-state index in [2.05, 4.69) is 9.97 Å². The van der Waals surface area contributed by atoms with Gasteiger partial charge in [0.25, 0.3) is 15.9 Å². The number of benzene rings is 1. The van der Waals surface area contributed by atoms with Crippen molar-refractivity contribution in [1.82, 2.24) is 14.7 Å². The summed E-state index contributed by atoms with van der Waals surface area (Å²) in [4.78, 5) is 20.5. The summed E-state index contributed by atoms with van der Waals surface area (Å²) in [5, 5.41) is -0.841. The number of carbonyl (C=O) groups is 1. The van der Waals surface area contributed by atoms with E-state index in [0.29, 0.717) is 17.5 Å². The fraction of sp³-hybridized carbons (Fsp3) is 0.292. The molecule has 0 saturated carbocycles. The van der Waals surface area contributed by atoms with Crippen LogP contribution in [0.1, 0.15) is 53.5 Å². The zero-order valence-corrected chi connectivity index (χ0v) is 20.5. The van der Waals surface area contributed by atoms with Crippen LogP contribution in [0.25, 0.3) is 0 Å². The van der Waals surface area contributed by atoms with Gasteiger partial charge in [-0.15, -0.1) is 0 Å². The van der Waals surface area contributed by atoms with Crippen LogP contribution in [-0.4, -0.2) is 24.3 Å². The van der Waals surface area contributed by atoms with Crippen molar-refractivity contribution in [3.8, 4) is 11.6 Å². The zero-order valence-electron chi connectivity index (χ0n) is 19.7. The van der Waals surface area contributed by atoms with E-state index >= 15 is 0 Å². The van der Waals surface area contributed by atoms with Gasteiger partial charge in [0, 0.05) is 11.1 Å². The number of nitrogens with zero attached hydrogens (tertiary/aromatic N) is 2. The van der Waals surface area contributed by atoms with Gasteiger partial charge in [0.2, 0.25) is 11.8 Å². The first kappa shape index (κ1) is 25.2. The summed E-state index contributed by atoms with van der Waals surface area (Å²) in [6.45, 7) is 11.4. The lowest BCUT2D eigenvalue weighted by molar-refractivity contribution is 0.0978. The van der Waals surface area contributed by atoms with Crippen LogP contribution in [0.3, 0.4) is 0 Å². The molecule has 3 aromatic rings. The average molecular weight is 490 g/mol. The van der Waals surface area contributed by atoms with Gasteiger partial charge >= 0.3 is 0 Å². The molecule has 3 rings (SSSR count). The number of amides is 1. The molecule has 0 spiro atoms. The van der Waals surface area contributed by atoms with Crippen molar-refractivity contribution in [3.63, 3.8) is 0 Å². The lowest BCUT2D eigenvalue weighted by atomic mass is 9.91. The van der Waals surface area contributed by atoms with Crippen LogP contribution in [-0.2, 0) is 15.4 Å². The summed E-state index contributed by atoms with van der Waals surface area (Å²) in [5.74, 6) is -3.57. The molecule has 2 heterocycles. The highest BCUT2D eigenvalue weighted by atomic mass is 32.2. The number of aromatic nitrogens is 2. The number of nitrogens with one attached hydrogen (secondary N) is 1. The highest BCUT2D eigenvalue weighted by Gasteiger charge is 2.27. The lowest BCUT2D eigenvalue weighted by Crippen LogP contribution is -2.32. The second-order valence-corrected chi connectivity index (χ2v) is 10.6. The molecule has 0 atom stereocenters. The van der Waals surface area contributed by atoms with E-state index in [4.69, 9.17) is 4.74 Å². The Hall–Kier alpha value is -3.40. The Balaban J connectivity index is 2.05.